The highest BCUT2D eigenvalue weighted by Gasteiger charge is 2.14. The molecular weight excluding hydrogens is 262 g/mol. The minimum Gasteiger partial charge on any atom is -0.280 e. The first kappa shape index (κ1) is 18.6. The van der Waals surface area contributed by atoms with Crippen molar-refractivity contribution in [2.45, 2.75) is 84.0 Å². The average molecular weight is 291 g/mol. The normalized spacial score (nSPS) is 11.7. The number of nitrogens with two attached hydrogens (primary N) is 1. The Morgan fingerprint density at radius 1 is 0.789 bits per heavy atom. The third-order valence-corrected chi connectivity index (χ3v) is 4.14. The Morgan fingerprint density at radius 3 is 1.53 bits per heavy atom. The molecule has 0 aromatic heterocycles. The van der Waals surface area contributed by atoms with Gasteiger partial charge in [-0.3, -0.25) is 4.79 Å². The topological polar surface area (TPSA) is 77.2 Å². The summed E-state index contributed by atoms with van der Waals surface area (Å²) in [6, 6.07) is 0. The molecule has 2 N–H and O–H groups in total. The highest BCUT2D eigenvalue weighted by molar-refractivity contribution is 8.04. The number of carbonyl (C=O) groups is 1. The van der Waals surface area contributed by atoms with Crippen LogP contribution in [0, 0.1) is 0 Å². The minimum absolute atomic E-state index is 0.0653. The summed E-state index contributed by atoms with van der Waals surface area (Å²) in [6.07, 6.45) is 13.1. The van der Waals surface area contributed by atoms with Gasteiger partial charge in [-0.25, -0.2) is 13.6 Å². The zero-order valence-corrected chi connectivity index (χ0v) is 13.0. The van der Waals surface area contributed by atoms with E-state index in [0.717, 1.165) is 12.8 Å². The fourth-order valence-corrected chi connectivity index (χ4v) is 2.50. The number of sulfonamides is 1. The average Bonchev–Trinajstić information content (AvgIpc) is 2.34. The molecule has 0 fully saturated rings. The van der Waals surface area contributed by atoms with Gasteiger partial charge in [0.2, 0.25) is 0 Å². The van der Waals surface area contributed by atoms with Crippen LogP contribution < -0.4 is 5.14 Å². The first-order valence-electron chi connectivity index (χ1n) is 7.54. The molecule has 0 heterocycles. The van der Waals surface area contributed by atoms with Gasteiger partial charge in [-0.05, 0) is 6.42 Å². The molecule has 19 heavy (non-hydrogen) atoms. The van der Waals surface area contributed by atoms with E-state index in [4.69, 9.17) is 5.14 Å². The third-order valence-electron chi connectivity index (χ3n) is 3.30. The Kier molecular flexibility index (Phi) is 11.2. The monoisotopic (exact) mass is 291 g/mol. The summed E-state index contributed by atoms with van der Waals surface area (Å²) >= 11 is 0. The minimum atomic E-state index is -3.95. The van der Waals surface area contributed by atoms with Crippen molar-refractivity contribution in [1.82, 2.24) is 0 Å². The van der Waals surface area contributed by atoms with Crippen LogP contribution in [0.15, 0.2) is 0 Å². The van der Waals surface area contributed by atoms with Gasteiger partial charge in [0, 0.05) is 6.42 Å². The van der Waals surface area contributed by atoms with Crippen molar-refractivity contribution >= 4 is 15.1 Å². The zero-order valence-electron chi connectivity index (χ0n) is 12.2. The Bertz CT molecular complexity index is 326. The maximum atomic E-state index is 11.0. The van der Waals surface area contributed by atoms with Crippen LogP contribution in [-0.2, 0) is 14.8 Å². The molecule has 0 saturated heterocycles. The van der Waals surface area contributed by atoms with Crippen molar-refractivity contribution in [3.8, 4) is 0 Å². The van der Waals surface area contributed by atoms with Crippen LogP contribution in [-0.4, -0.2) is 13.5 Å². The van der Waals surface area contributed by atoms with E-state index >= 15 is 0 Å². The van der Waals surface area contributed by atoms with E-state index in [-0.39, 0.29) is 6.42 Å². The number of unbranched alkanes of at least 4 members (excludes halogenated alkanes) is 10. The van der Waals surface area contributed by atoms with Gasteiger partial charge in [-0.1, -0.05) is 71.1 Å². The number of carbonyl (C=O) groups excluding carboxylic acids is 1. The maximum Gasteiger partial charge on any atom is 0.271 e. The van der Waals surface area contributed by atoms with Crippen molar-refractivity contribution in [3.63, 3.8) is 0 Å². The van der Waals surface area contributed by atoms with Gasteiger partial charge in [-0.2, -0.15) is 0 Å². The predicted octanol–water partition coefficient (Wildman–Crippen LogP) is 3.50. The lowest BCUT2D eigenvalue weighted by Crippen LogP contribution is -2.22. The molecule has 0 rings (SSSR count). The number of hydrogen-bond donors (Lipinski definition) is 1. The maximum absolute atomic E-state index is 11.0. The van der Waals surface area contributed by atoms with Gasteiger partial charge >= 0.3 is 0 Å². The van der Waals surface area contributed by atoms with E-state index in [9.17, 15) is 13.2 Å². The van der Waals surface area contributed by atoms with Gasteiger partial charge in [0.25, 0.3) is 15.1 Å². The summed E-state index contributed by atoms with van der Waals surface area (Å²) < 4.78 is 21.3. The summed E-state index contributed by atoms with van der Waals surface area (Å²) in [5, 5.41) is 3.90. The molecule has 0 aliphatic rings. The van der Waals surface area contributed by atoms with Gasteiger partial charge in [0.05, 0.1) is 0 Å². The molecule has 114 valence electrons. The number of rotatable bonds is 12. The van der Waals surface area contributed by atoms with Crippen molar-refractivity contribution in [1.29, 1.82) is 0 Å². The zero-order chi connectivity index (χ0) is 14.6. The van der Waals surface area contributed by atoms with E-state index in [1.54, 1.807) is 0 Å². The molecule has 0 unspecified atom stereocenters. The van der Waals surface area contributed by atoms with Crippen LogP contribution in [0.5, 0.6) is 0 Å². The van der Waals surface area contributed by atoms with Crippen LogP contribution in [0.2, 0.25) is 0 Å². The standard InChI is InChI=1S/C14H29NO3S/c1-2-3-4-5-6-7-8-9-10-11-12-13-14(16)19(15,17)18/h2-13H2,1H3,(H2,15,17,18). The number of hydrogen-bond acceptors (Lipinski definition) is 3. The molecular formula is C14H29NO3S. The second kappa shape index (κ2) is 11.4. The van der Waals surface area contributed by atoms with Crippen LogP contribution in [0.3, 0.4) is 0 Å². The lowest BCUT2D eigenvalue weighted by Gasteiger charge is -2.02. The first-order chi connectivity index (χ1) is 8.98. The SMILES string of the molecule is CCCCCCCCCCCCCC(=O)S(N)(=O)=O. The molecule has 5 heteroatoms. The Morgan fingerprint density at radius 2 is 1.16 bits per heavy atom. The largest absolute Gasteiger partial charge is 0.280 e. The highest BCUT2D eigenvalue weighted by atomic mass is 32.2. The quantitative estimate of drug-likeness (QED) is 0.559. The molecule has 0 atom stereocenters. The highest BCUT2D eigenvalue weighted by Crippen LogP contribution is 2.12. The fourth-order valence-electron chi connectivity index (χ4n) is 2.08. The Labute approximate surface area is 118 Å². The molecule has 0 aliphatic heterocycles. The predicted molar refractivity (Wildman–Crippen MR) is 79.2 cm³/mol. The molecule has 0 bridgehead atoms. The lowest BCUT2D eigenvalue weighted by molar-refractivity contribution is -0.111. The summed E-state index contributed by atoms with van der Waals surface area (Å²) in [4.78, 5) is 11.0. The van der Waals surface area contributed by atoms with Gasteiger partial charge in [0.15, 0.2) is 0 Å². The second-order valence-electron chi connectivity index (χ2n) is 5.20. The second-order valence-corrected chi connectivity index (χ2v) is 6.75. The van der Waals surface area contributed by atoms with E-state index in [2.05, 4.69) is 6.92 Å². The van der Waals surface area contributed by atoms with Crippen molar-refractivity contribution in [2.24, 2.45) is 5.14 Å². The van der Waals surface area contributed by atoms with Gasteiger partial charge in [-0.15, -0.1) is 0 Å². The summed E-state index contributed by atoms with van der Waals surface area (Å²) in [6.45, 7) is 2.22. The summed E-state index contributed by atoms with van der Waals surface area (Å²) in [5.74, 6) is 0. The van der Waals surface area contributed by atoms with Crippen LogP contribution in [0.1, 0.15) is 84.0 Å². The van der Waals surface area contributed by atoms with Crippen molar-refractivity contribution in [2.75, 3.05) is 0 Å². The van der Waals surface area contributed by atoms with Crippen LogP contribution in [0.25, 0.3) is 0 Å². The third kappa shape index (κ3) is 12.4. The molecule has 0 aromatic rings. The molecule has 0 aromatic carbocycles. The molecule has 0 radical (unpaired) electrons. The smallest absolute Gasteiger partial charge is 0.271 e. The van der Waals surface area contributed by atoms with Crippen LogP contribution in [0.4, 0.5) is 0 Å². The molecule has 0 spiro atoms. The summed E-state index contributed by atoms with van der Waals surface area (Å²) in [5.41, 5.74) is 0. The van der Waals surface area contributed by atoms with E-state index in [0.29, 0.717) is 6.42 Å². The molecule has 0 aliphatic carbocycles. The van der Waals surface area contributed by atoms with E-state index < -0.39 is 15.1 Å². The van der Waals surface area contributed by atoms with Crippen molar-refractivity contribution in [3.05, 3.63) is 0 Å². The molecule has 4 nitrogen and oxygen atoms in total. The molecule has 0 amide bonds. The van der Waals surface area contributed by atoms with E-state index in [1.165, 1.54) is 51.4 Å². The molecule has 0 saturated carbocycles. The first-order valence-corrected chi connectivity index (χ1v) is 9.08. The van der Waals surface area contributed by atoms with Gasteiger partial charge < -0.3 is 0 Å². The fraction of sp³-hybridized carbons (Fsp3) is 0.929. The van der Waals surface area contributed by atoms with Gasteiger partial charge in [0.1, 0.15) is 0 Å². The number of primary sulfonamides is 1. The van der Waals surface area contributed by atoms with E-state index in [1.807, 2.05) is 0 Å². The Hall–Kier alpha value is -0.420. The van der Waals surface area contributed by atoms with Crippen LogP contribution >= 0.6 is 0 Å². The Balaban J connectivity index is 3.22. The van der Waals surface area contributed by atoms with Crippen molar-refractivity contribution < 1.29 is 13.2 Å². The lowest BCUT2D eigenvalue weighted by atomic mass is 10.1. The summed E-state index contributed by atoms with van der Waals surface area (Å²) in [7, 11) is -3.95.